The topological polar surface area (TPSA) is 69.6 Å². The van der Waals surface area contributed by atoms with Crippen LogP contribution in [0.3, 0.4) is 0 Å². The standard InChI is InChI=1S/C7H6FN5/c8-5-3-6(9)7(10-4-5)13-11-1-2-12-13/h1-4H,9H2. The van der Waals surface area contributed by atoms with Crippen molar-refractivity contribution >= 4 is 5.69 Å². The molecule has 0 aliphatic heterocycles. The highest BCUT2D eigenvalue weighted by Gasteiger charge is 2.05. The van der Waals surface area contributed by atoms with Gasteiger partial charge in [-0.25, -0.2) is 9.37 Å². The fraction of sp³-hybridized carbons (Fsp3) is 0. The van der Waals surface area contributed by atoms with Gasteiger partial charge in [0.15, 0.2) is 5.82 Å². The average molecular weight is 179 g/mol. The molecule has 66 valence electrons. The molecule has 0 aliphatic carbocycles. The molecule has 0 amide bonds. The average Bonchev–Trinajstić information content (AvgIpc) is 2.56. The van der Waals surface area contributed by atoms with Crippen LogP contribution in [-0.2, 0) is 0 Å². The van der Waals surface area contributed by atoms with Crippen molar-refractivity contribution in [3.63, 3.8) is 0 Å². The van der Waals surface area contributed by atoms with Gasteiger partial charge in [0.25, 0.3) is 0 Å². The van der Waals surface area contributed by atoms with Gasteiger partial charge in [0, 0.05) is 6.07 Å². The Labute approximate surface area is 73.0 Å². The van der Waals surface area contributed by atoms with Gasteiger partial charge in [-0.1, -0.05) is 0 Å². The zero-order valence-electron chi connectivity index (χ0n) is 6.55. The summed E-state index contributed by atoms with van der Waals surface area (Å²) in [5.74, 6) is -0.153. The Morgan fingerprint density at radius 1 is 1.31 bits per heavy atom. The summed E-state index contributed by atoms with van der Waals surface area (Å²) < 4.78 is 12.6. The molecule has 0 spiro atoms. The molecule has 2 rings (SSSR count). The number of anilines is 1. The second-order valence-electron chi connectivity index (χ2n) is 2.38. The van der Waals surface area contributed by atoms with Crippen molar-refractivity contribution in [2.24, 2.45) is 0 Å². The third kappa shape index (κ3) is 1.33. The summed E-state index contributed by atoms with van der Waals surface area (Å²) in [7, 11) is 0. The van der Waals surface area contributed by atoms with Crippen molar-refractivity contribution in [1.82, 2.24) is 20.0 Å². The van der Waals surface area contributed by atoms with E-state index in [1.807, 2.05) is 0 Å². The minimum Gasteiger partial charge on any atom is -0.396 e. The van der Waals surface area contributed by atoms with Crippen LogP contribution < -0.4 is 5.73 Å². The molecule has 0 bridgehead atoms. The predicted molar refractivity (Wildman–Crippen MR) is 43.5 cm³/mol. The molecule has 0 atom stereocenters. The highest BCUT2D eigenvalue weighted by atomic mass is 19.1. The van der Waals surface area contributed by atoms with Crippen LogP contribution in [0.4, 0.5) is 10.1 Å². The Balaban J connectivity index is 2.53. The van der Waals surface area contributed by atoms with Gasteiger partial charge in [0.1, 0.15) is 5.82 Å². The fourth-order valence-corrected chi connectivity index (χ4v) is 0.940. The molecule has 5 nitrogen and oxygen atoms in total. The largest absolute Gasteiger partial charge is 0.396 e. The van der Waals surface area contributed by atoms with Crippen LogP contribution in [0.25, 0.3) is 5.82 Å². The molecule has 2 N–H and O–H groups in total. The van der Waals surface area contributed by atoms with Gasteiger partial charge in [-0.05, 0) is 0 Å². The summed E-state index contributed by atoms with van der Waals surface area (Å²) in [6.45, 7) is 0. The number of nitrogens with zero attached hydrogens (tertiary/aromatic N) is 4. The Kier molecular flexibility index (Phi) is 1.66. The first-order valence-corrected chi connectivity index (χ1v) is 3.55. The van der Waals surface area contributed by atoms with E-state index in [1.165, 1.54) is 23.3 Å². The molecule has 0 aliphatic rings. The van der Waals surface area contributed by atoms with E-state index >= 15 is 0 Å². The first-order chi connectivity index (χ1) is 6.27. The van der Waals surface area contributed by atoms with Crippen molar-refractivity contribution < 1.29 is 4.39 Å². The molecular formula is C7H6FN5. The van der Waals surface area contributed by atoms with Gasteiger partial charge < -0.3 is 5.73 Å². The number of hydrogen-bond acceptors (Lipinski definition) is 4. The van der Waals surface area contributed by atoms with Gasteiger partial charge in [-0.3, -0.25) is 0 Å². The first-order valence-electron chi connectivity index (χ1n) is 3.55. The zero-order valence-corrected chi connectivity index (χ0v) is 6.55. The zero-order chi connectivity index (χ0) is 9.26. The molecule has 6 heteroatoms. The number of aromatic nitrogens is 4. The second kappa shape index (κ2) is 2.81. The molecule has 2 aromatic rings. The van der Waals surface area contributed by atoms with Crippen molar-refractivity contribution in [1.29, 1.82) is 0 Å². The molecule has 0 aromatic carbocycles. The normalized spacial score (nSPS) is 10.2. The lowest BCUT2D eigenvalue weighted by atomic mass is 10.4. The molecule has 0 radical (unpaired) electrons. The van der Waals surface area contributed by atoms with Crippen molar-refractivity contribution in [2.75, 3.05) is 5.73 Å². The lowest BCUT2D eigenvalue weighted by Crippen LogP contribution is -2.05. The number of halogens is 1. The molecule has 0 unspecified atom stereocenters. The summed E-state index contributed by atoms with van der Waals surface area (Å²) in [5, 5.41) is 7.64. The summed E-state index contributed by atoms with van der Waals surface area (Å²) in [5.41, 5.74) is 5.71. The van der Waals surface area contributed by atoms with E-state index in [4.69, 9.17) is 5.73 Å². The molecule has 2 aromatic heterocycles. The van der Waals surface area contributed by atoms with E-state index in [1.54, 1.807) is 0 Å². The van der Waals surface area contributed by atoms with Gasteiger partial charge >= 0.3 is 0 Å². The highest BCUT2D eigenvalue weighted by Crippen LogP contribution is 2.12. The maximum absolute atomic E-state index is 12.6. The molecular weight excluding hydrogens is 173 g/mol. The number of rotatable bonds is 1. The second-order valence-corrected chi connectivity index (χ2v) is 2.38. The number of pyridine rings is 1. The lowest BCUT2D eigenvalue weighted by Gasteiger charge is -2.01. The van der Waals surface area contributed by atoms with E-state index in [0.717, 1.165) is 6.20 Å². The van der Waals surface area contributed by atoms with Crippen LogP contribution in [0, 0.1) is 5.82 Å². The highest BCUT2D eigenvalue weighted by molar-refractivity contribution is 5.51. The first kappa shape index (κ1) is 7.66. The van der Waals surface area contributed by atoms with E-state index in [9.17, 15) is 4.39 Å². The Hall–Kier alpha value is -1.98. The van der Waals surface area contributed by atoms with Gasteiger partial charge in [0.05, 0.1) is 24.3 Å². The van der Waals surface area contributed by atoms with E-state index in [-0.39, 0.29) is 5.69 Å². The number of nitrogen functional groups attached to an aromatic ring is 1. The number of nitrogens with two attached hydrogens (primary N) is 1. The van der Waals surface area contributed by atoms with Crippen LogP contribution in [0.1, 0.15) is 0 Å². The molecule has 0 fully saturated rings. The Bertz CT molecular complexity index is 411. The van der Waals surface area contributed by atoms with Gasteiger partial charge in [-0.15, -0.1) is 4.80 Å². The van der Waals surface area contributed by atoms with Crippen LogP contribution in [0.15, 0.2) is 24.7 Å². The van der Waals surface area contributed by atoms with Gasteiger partial charge in [0.2, 0.25) is 0 Å². The van der Waals surface area contributed by atoms with E-state index in [2.05, 4.69) is 15.2 Å². The maximum Gasteiger partial charge on any atom is 0.197 e. The SMILES string of the molecule is Nc1cc(F)cnc1-n1nccn1. The quantitative estimate of drug-likeness (QED) is 0.687. The van der Waals surface area contributed by atoms with Crippen molar-refractivity contribution in [3.05, 3.63) is 30.5 Å². The summed E-state index contributed by atoms with van der Waals surface area (Å²) >= 11 is 0. The Morgan fingerprint density at radius 2 is 2.00 bits per heavy atom. The fourth-order valence-electron chi connectivity index (χ4n) is 0.940. The third-order valence-corrected chi connectivity index (χ3v) is 1.47. The van der Waals surface area contributed by atoms with Crippen LogP contribution in [0.5, 0.6) is 0 Å². The molecule has 13 heavy (non-hydrogen) atoms. The third-order valence-electron chi connectivity index (χ3n) is 1.47. The Morgan fingerprint density at radius 3 is 2.62 bits per heavy atom. The van der Waals surface area contributed by atoms with Crippen molar-refractivity contribution in [3.8, 4) is 5.82 Å². The van der Waals surface area contributed by atoms with Gasteiger partial charge in [-0.2, -0.15) is 10.2 Å². The predicted octanol–water partition coefficient (Wildman–Crippen LogP) is 0.384. The minimum atomic E-state index is -0.478. The smallest absolute Gasteiger partial charge is 0.197 e. The summed E-state index contributed by atoms with van der Waals surface area (Å²) in [6.07, 6.45) is 4.05. The van der Waals surface area contributed by atoms with Crippen molar-refractivity contribution in [2.45, 2.75) is 0 Å². The molecule has 2 heterocycles. The van der Waals surface area contributed by atoms with E-state index in [0.29, 0.717) is 5.82 Å². The minimum absolute atomic E-state index is 0.205. The lowest BCUT2D eigenvalue weighted by molar-refractivity contribution is 0.617. The van der Waals surface area contributed by atoms with Crippen LogP contribution >= 0.6 is 0 Å². The molecule has 0 saturated carbocycles. The summed E-state index contributed by atoms with van der Waals surface area (Å²) in [6, 6.07) is 1.17. The van der Waals surface area contributed by atoms with E-state index < -0.39 is 5.82 Å². The van der Waals surface area contributed by atoms with Crippen LogP contribution in [-0.4, -0.2) is 20.0 Å². The monoisotopic (exact) mass is 179 g/mol. The maximum atomic E-state index is 12.6. The molecule has 0 saturated heterocycles. The summed E-state index contributed by atoms with van der Waals surface area (Å²) in [4.78, 5) is 4.99. The van der Waals surface area contributed by atoms with Crippen LogP contribution in [0.2, 0.25) is 0 Å². The number of hydrogen-bond donors (Lipinski definition) is 1.